The fourth-order valence-electron chi connectivity index (χ4n) is 1.49. The van der Waals surface area contributed by atoms with Gasteiger partial charge >= 0.3 is 5.97 Å². The summed E-state index contributed by atoms with van der Waals surface area (Å²) in [6, 6.07) is 0. The lowest BCUT2D eigenvalue weighted by Crippen LogP contribution is -2.29. The molecule has 0 saturated heterocycles. The van der Waals surface area contributed by atoms with E-state index in [0.29, 0.717) is 11.1 Å². The Labute approximate surface area is 101 Å². The molecule has 0 N–H and O–H groups in total. The number of carbonyl (C=O) groups is 1. The molecule has 0 aliphatic rings. The molecule has 0 saturated carbocycles. The average molecular weight is 260 g/mol. The van der Waals surface area contributed by atoms with Crippen molar-refractivity contribution >= 4 is 23.1 Å². The standard InChI is InChI=1S/C11H24O3Si2/c1-8-10(15(3)4)9(2)11(12)13-14-16(5,6)7/h10,15H,2,8H2,1,3-7H3. The molecular weight excluding hydrogens is 236 g/mol. The molecule has 0 fully saturated rings. The molecule has 0 aliphatic heterocycles. The summed E-state index contributed by atoms with van der Waals surface area (Å²) in [4.78, 5) is 16.5. The van der Waals surface area contributed by atoms with Crippen molar-refractivity contribution in [2.45, 2.75) is 51.6 Å². The zero-order chi connectivity index (χ0) is 12.9. The molecule has 0 aliphatic carbocycles. The van der Waals surface area contributed by atoms with Crippen LogP contribution < -0.4 is 0 Å². The van der Waals surface area contributed by atoms with Crippen molar-refractivity contribution in [3.63, 3.8) is 0 Å². The zero-order valence-electron chi connectivity index (χ0n) is 11.3. The molecule has 0 bridgehead atoms. The zero-order valence-corrected chi connectivity index (χ0v) is 13.4. The summed E-state index contributed by atoms with van der Waals surface area (Å²) in [5, 5.41) is 0. The lowest BCUT2D eigenvalue weighted by molar-refractivity contribution is -0.214. The second-order valence-corrected chi connectivity index (χ2v) is 13.0. The second-order valence-electron chi connectivity index (χ2n) is 5.35. The Morgan fingerprint density at radius 3 is 2.19 bits per heavy atom. The topological polar surface area (TPSA) is 35.5 Å². The molecule has 0 amide bonds. The highest BCUT2D eigenvalue weighted by molar-refractivity contribution is 6.69. The van der Waals surface area contributed by atoms with Crippen LogP contribution in [0.1, 0.15) is 13.3 Å². The third-order valence-electron chi connectivity index (χ3n) is 2.32. The molecule has 0 spiro atoms. The van der Waals surface area contributed by atoms with Gasteiger partial charge in [0.2, 0.25) is 8.32 Å². The Morgan fingerprint density at radius 2 is 1.88 bits per heavy atom. The number of hydrogen-bond donors (Lipinski definition) is 0. The predicted molar refractivity (Wildman–Crippen MR) is 72.6 cm³/mol. The van der Waals surface area contributed by atoms with Crippen molar-refractivity contribution in [2.24, 2.45) is 0 Å². The van der Waals surface area contributed by atoms with Gasteiger partial charge in [-0.25, -0.2) is 9.37 Å². The van der Waals surface area contributed by atoms with Crippen molar-refractivity contribution in [3.8, 4) is 0 Å². The number of hydrogen-bond acceptors (Lipinski definition) is 3. The molecule has 94 valence electrons. The molecule has 0 radical (unpaired) electrons. The Hall–Kier alpha value is -0.396. The van der Waals surface area contributed by atoms with E-state index < -0.39 is 23.1 Å². The van der Waals surface area contributed by atoms with Crippen molar-refractivity contribution in [1.82, 2.24) is 0 Å². The first-order valence-corrected chi connectivity index (χ1v) is 12.2. The van der Waals surface area contributed by atoms with Crippen LogP contribution in [0.2, 0.25) is 38.3 Å². The maximum absolute atomic E-state index is 11.7. The molecule has 3 nitrogen and oxygen atoms in total. The van der Waals surface area contributed by atoms with E-state index in [1.165, 1.54) is 0 Å². The molecule has 0 rings (SSSR count). The largest absolute Gasteiger partial charge is 0.367 e. The summed E-state index contributed by atoms with van der Waals surface area (Å²) in [7, 11) is -2.72. The molecule has 0 heterocycles. The van der Waals surface area contributed by atoms with Crippen molar-refractivity contribution < 1.29 is 14.3 Å². The van der Waals surface area contributed by atoms with Crippen LogP contribution in [-0.4, -0.2) is 23.1 Å². The summed E-state index contributed by atoms with van der Waals surface area (Å²) in [6.07, 6.45) is 0.949. The van der Waals surface area contributed by atoms with Crippen molar-refractivity contribution in [3.05, 3.63) is 12.2 Å². The van der Waals surface area contributed by atoms with Gasteiger partial charge in [-0.2, -0.15) is 0 Å². The van der Waals surface area contributed by atoms with E-state index in [4.69, 9.17) is 9.46 Å². The van der Waals surface area contributed by atoms with Gasteiger partial charge in [0.1, 0.15) is 0 Å². The van der Waals surface area contributed by atoms with Gasteiger partial charge in [-0.3, -0.25) is 0 Å². The normalized spacial score (nSPS) is 13.7. The van der Waals surface area contributed by atoms with Crippen molar-refractivity contribution in [2.75, 3.05) is 0 Å². The summed E-state index contributed by atoms with van der Waals surface area (Å²) in [6.45, 7) is 16.3. The van der Waals surface area contributed by atoms with Gasteiger partial charge in [0, 0.05) is 14.4 Å². The highest BCUT2D eigenvalue weighted by Gasteiger charge is 2.25. The third-order valence-corrected chi connectivity index (χ3v) is 5.39. The quantitative estimate of drug-likeness (QED) is 0.318. The van der Waals surface area contributed by atoms with Gasteiger partial charge < -0.3 is 4.89 Å². The molecule has 16 heavy (non-hydrogen) atoms. The molecule has 1 atom stereocenters. The average Bonchev–Trinajstić information content (AvgIpc) is 2.13. The lowest BCUT2D eigenvalue weighted by atomic mass is 10.2. The van der Waals surface area contributed by atoms with Gasteiger partial charge in [0.05, 0.1) is 0 Å². The lowest BCUT2D eigenvalue weighted by Gasteiger charge is -2.21. The van der Waals surface area contributed by atoms with Crippen LogP contribution in [0.15, 0.2) is 12.2 Å². The summed E-state index contributed by atoms with van der Waals surface area (Å²) in [5.74, 6) is -0.393. The van der Waals surface area contributed by atoms with Crippen LogP contribution in [0.25, 0.3) is 0 Å². The van der Waals surface area contributed by atoms with Crippen LogP contribution in [0.4, 0.5) is 0 Å². The Kier molecular flexibility index (Phi) is 6.21. The summed E-state index contributed by atoms with van der Waals surface area (Å²) in [5.41, 5.74) is 0.875. The predicted octanol–water partition coefficient (Wildman–Crippen LogP) is 3.12. The maximum atomic E-state index is 11.7. The van der Waals surface area contributed by atoms with Gasteiger partial charge in [-0.05, 0) is 25.2 Å². The first-order chi connectivity index (χ1) is 7.19. The highest BCUT2D eigenvalue weighted by Crippen LogP contribution is 2.25. The Morgan fingerprint density at radius 1 is 1.38 bits per heavy atom. The first-order valence-electron chi connectivity index (χ1n) is 5.77. The minimum atomic E-state index is -1.81. The minimum absolute atomic E-state index is 0.303. The van der Waals surface area contributed by atoms with Gasteiger partial charge in [-0.1, -0.05) is 33.0 Å². The van der Waals surface area contributed by atoms with E-state index in [0.717, 1.165) is 6.42 Å². The fourth-order valence-corrected chi connectivity index (χ4v) is 3.70. The minimum Gasteiger partial charge on any atom is -0.305 e. The van der Waals surface area contributed by atoms with Gasteiger partial charge in [0.15, 0.2) is 0 Å². The van der Waals surface area contributed by atoms with Crippen LogP contribution in [0.5, 0.6) is 0 Å². The number of rotatable bonds is 6. The second kappa shape index (κ2) is 6.37. The monoisotopic (exact) mass is 260 g/mol. The maximum Gasteiger partial charge on any atom is 0.367 e. The van der Waals surface area contributed by atoms with Crippen LogP contribution in [0, 0.1) is 0 Å². The van der Waals surface area contributed by atoms with E-state index in [1.807, 2.05) is 19.6 Å². The molecule has 5 heteroatoms. The van der Waals surface area contributed by atoms with E-state index >= 15 is 0 Å². The number of carbonyl (C=O) groups excluding carboxylic acids is 1. The third kappa shape index (κ3) is 5.62. The molecule has 0 aromatic heterocycles. The van der Waals surface area contributed by atoms with E-state index in [2.05, 4.69) is 26.6 Å². The SMILES string of the molecule is C=C(C(=O)OO[Si](C)(C)C)C(CC)[SiH](C)C. The van der Waals surface area contributed by atoms with Gasteiger partial charge in [-0.15, -0.1) is 0 Å². The molecular formula is C11H24O3Si2. The fraction of sp³-hybridized carbons (Fsp3) is 0.727. The Balaban J connectivity index is 4.33. The molecule has 0 aromatic rings. The van der Waals surface area contributed by atoms with E-state index in [1.54, 1.807) is 0 Å². The Bertz CT molecular complexity index is 256. The van der Waals surface area contributed by atoms with E-state index in [-0.39, 0.29) is 0 Å². The van der Waals surface area contributed by atoms with Crippen LogP contribution in [0.3, 0.4) is 0 Å². The first kappa shape index (κ1) is 15.6. The van der Waals surface area contributed by atoms with E-state index in [9.17, 15) is 4.79 Å². The molecule has 0 aromatic carbocycles. The van der Waals surface area contributed by atoms with Crippen LogP contribution >= 0.6 is 0 Å². The van der Waals surface area contributed by atoms with Crippen molar-refractivity contribution in [1.29, 1.82) is 0 Å². The molecule has 1 unspecified atom stereocenters. The summed E-state index contributed by atoms with van der Waals surface area (Å²) >= 11 is 0. The smallest absolute Gasteiger partial charge is 0.305 e. The summed E-state index contributed by atoms with van der Waals surface area (Å²) < 4.78 is 5.13. The van der Waals surface area contributed by atoms with Crippen LogP contribution in [-0.2, 0) is 14.3 Å². The van der Waals surface area contributed by atoms with Gasteiger partial charge in [0.25, 0.3) is 0 Å². The highest BCUT2D eigenvalue weighted by atomic mass is 28.4.